The first kappa shape index (κ1) is 16.2. The highest BCUT2D eigenvalue weighted by Crippen LogP contribution is 2.25. The van der Waals surface area contributed by atoms with Crippen LogP contribution in [0.4, 0.5) is 5.82 Å². The molecule has 0 atom stereocenters. The van der Waals surface area contributed by atoms with Gasteiger partial charge in [-0.05, 0) is 32.4 Å². The van der Waals surface area contributed by atoms with E-state index in [-0.39, 0.29) is 5.91 Å². The van der Waals surface area contributed by atoms with Crippen molar-refractivity contribution in [3.8, 4) is 0 Å². The van der Waals surface area contributed by atoms with Crippen LogP contribution >= 0.6 is 0 Å². The molecule has 0 aromatic carbocycles. The number of aromatic nitrogens is 2. The van der Waals surface area contributed by atoms with Gasteiger partial charge in [-0.15, -0.1) is 0 Å². The van der Waals surface area contributed by atoms with Gasteiger partial charge < -0.3 is 15.1 Å². The van der Waals surface area contributed by atoms with E-state index >= 15 is 0 Å². The lowest BCUT2D eigenvalue weighted by molar-refractivity contribution is 0.0940. The third kappa shape index (κ3) is 3.63. The van der Waals surface area contributed by atoms with E-state index in [9.17, 15) is 4.79 Å². The molecule has 1 N–H and O–H groups in total. The number of anilines is 1. The second-order valence-electron chi connectivity index (χ2n) is 7.04. The van der Waals surface area contributed by atoms with Gasteiger partial charge in [-0.2, -0.15) is 0 Å². The van der Waals surface area contributed by atoms with Crippen molar-refractivity contribution in [1.82, 2.24) is 20.2 Å². The first-order chi connectivity index (χ1) is 11.0. The maximum atomic E-state index is 12.3. The quantitative estimate of drug-likeness (QED) is 0.905. The Balaban J connectivity index is 1.99. The van der Waals surface area contributed by atoms with Gasteiger partial charge in [0, 0.05) is 38.2 Å². The van der Waals surface area contributed by atoms with E-state index < -0.39 is 0 Å². The van der Waals surface area contributed by atoms with Crippen LogP contribution in [0.25, 0.3) is 0 Å². The molecular formula is C17H27N5O. The number of rotatable bonds is 3. The van der Waals surface area contributed by atoms with Crippen LogP contribution in [0.2, 0.25) is 0 Å². The second-order valence-corrected chi connectivity index (χ2v) is 7.04. The van der Waals surface area contributed by atoms with E-state index in [1.807, 2.05) is 0 Å². The summed E-state index contributed by atoms with van der Waals surface area (Å²) in [4.78, 5) is 26.4. The summed E-state index contributed by atoms with van der Waals surface area (Å²) >= 11 is 0. The number of fused-ring (bicyclic) bond motifs is 1. The van der Waals surface area contributed by atoms with E-state index in [2.05, 4.69) is 41.0 Å². The van der Waals surface area contributed by atoms with Crippen molar-refractivity contribution in [3.05, 3.63) is 17.1 Å². The minimum atomic E-state index is -0.0492. The average molecular weight is 317 g/mol. The third-order valence-corrected chi connectivity index (χ3v) is 4.52. The van der Waals surface area contributed by atoms with Gasteiger partial charge in [-0.25, -0.2) is 9.97 Å². The van der Waals surface area contributed by atoms with Crippen LogP contribution in [0, 0.1) is 5.92 Å². The molecule has 1 saturated heterocycles. The number of nitrogens with zero attached hydrogens (tertiary/aromatic N) is 4. The molecule has 1 amide bonds. The molecule has 23 heavy (non-hydrogen) atoms. The van der Waals surface area contributed by atoms with Gasteiger partial charge in [0.2, 0.25) is 0 Å². The van der Waals surface area contributed by atoms with Crippen molar-refractivity contribution >= 4 is 11.7 Å². The average Bonchev–Trinajstić information content (AvgIpc) is 2.71. The van der Waals surface area contributed by atoms with Crippen molar-refractivity contribution in [2.75, 3.05) is 44.7 Å². The molecule has 126 valence electrons. The van der Waals surface area contributed by atoms with Crippen LogP contribution in [-0.2, 0) is 12.8 Å². The van der Waals surface area contributed by atoms with Gasteiger partial charge in [-0.3, -0.25) is 4.79 Å². The van der Waals surface area contributed by atoms with E-state index in [1.54, 1.807) is 0 Å². The van der Waals surface area contributed by atoms with E-state index in [1.165, 1.54) is 0 Å². The zero-order chi connectivity index (χ0) is 16.4. The Morgan fingerprint density at radius 2 is 2.00 bits per heavy atom. The summed E-state index contributed by atoms with van der Waals surface area (Å²) in [5.41, 5.74) is 1.63. The second kappa shape index (κ2) is 6.83. The van der Waals surface area contributed by atoms with Crippen LogP contribution in [0.15, 0.2) is 0 Å². The molecule has 0 saturated carbocycles. The first-order valence-corrected chi connectivity index (χ1v) is 8.66. The highest BCUT2D eigenvalue weighted by atomic mass is 16.1. The molecule has 0 bridgehead atoms. The highest BCUT2D eigenvalue weighted by molar-refractivity contribution is 5.96. The highest BCUT2D eigenvalue weighted by Gasteiger charge is 2.27. The maximum Gasteiger partial charge on any atom is 0.270 e. The SMILES string of the molecule is CC(C)Cc1nc2c(c(N3CCCN(C)CC3)n1)CCNC2=O. The van der Waals surface area contributed by atoms with Crippen LogP contribution in [-0.4, -0.2) is 60.5 Å². The van der Waals surface area contributed by atoms with Gasteiger partial charge in [0.25, 0.3) is 5.91 Å². The van der Waals surface area contributed by atoms with Crippen molar-refractivity contribution in [2.45, 2.75) is 33.1 Å². The van der Waals surface area contributed by atoms with Gasteiger partial charge in [0.1, 0.15) is 17.3 Å². The third-order valence-electron chi connectivity index (χ3n) is 4.52. The summed E-state index contributed by atoms with van der Waals surface area (Å²) in [5.74, 6) is 2.22. The maximum absolute atomic E-state index is 12.3. The Kier molecular flexibility index (Phi) is 4.80. The van der Waals surface area contributed by atoms with Crippen molar-refractivity contribution in [3.63, 3.8) is 0 Å². The molecule has 1 aromatic heterocycles. The molecule has 0 spiro atoms. The van der Waals surface area contributed by atoms with Crippen molar-refractivity contribution in [1.29, 1.82) is 0 Å². The summed E-state index contributed by atoms with van der Waals surface area (Å²) in [6.45, 7) is 9.10. The molecule has 0 aliphatic carbocycles. The summed E-state index contributed by atoms with van der Waals surface area (Å²) in [6.07, 6.45) is 2.76. The number of likely N-dealkylation sites (N-methyl/N-ethyl adjacent to an activating group) is 1. The number of hydrogen-bond acceptors (Lipinski definition) is 5. The van der Waals surface area contributed by atoms with Crippen LogP contribution in [0.1, 0.15) is 42.1 Å². The fourth-order valence-electron chi connectivity index (χ4n) is 3.30. The zero-order valence-electron chi connectivity index (χ0n) is 14.4. The van der Waals surface area contributed by atoms with Crippen LogP contribution in [0.5, 0.6) is 0 Å². The molecule has 2 aliphatic rings. The van der Waals surface area contributed by atoms with Gasteiger partial charge in [0.05, 0.1) is 0 Å². The number of hydrogen-bond donors (Lipinski definition) is 1. The van der Waals surface area contributed by atoms with E-state index in [0.29, 0.717) is 18.2 Å². The summed E-state index contributed by atoms with van der Waals surface area (Å²) < 4.78 is 0. The number of carbonyl (C=O) groups is 1. The molecule has 1 aromatic rings. The Morgan fingerprint density at radius 1 is 1.17 bits per heavy atom. The minimum absolute atomic E-state index is 0.0492. The standard InChI is InChI=1S/C17H27N5O/c1-12(2)11-14-19-15-13(5-6-18-17(15)23)16(20-14)22-8-4-7-21(3)9-10-22/h12H,4-11H2,1-3H3,(H,18,23). The lowest BCUT2D eigenvalue weighted by Gasteiger charge is -2.27. The molecule has 2 aliphatic heterocycles. The van der Waals surface area contributed by atoms with Crippen molar-refractivity contribution in [2.24, 2.45) is 5.92 Å². The Labute approximate surface area is 138 Å². The van der Waals surface area contributed by atoms with Gasteiger partial charge in [-0.1, -0.05) is 13.8 Å². The number of carbonyl (C=O) groups excluding carboxylic acids is 1. The molecule has 0 radical (unpaired) electrons. The summed E-state index contributed by atoms with van der Waals surface area (Å²) in [7, 11) is 2.16. The fourth-order valence-corrected chi connectivity index (χ4v) is 3.30. The minimum Gasteiger partial charge on any atom is -0.355 e. The van der Waals surface area contributed by atoms with E-state index in [0.717, 1.165) is 62.6 Å². The molecular weight excluding hydrogens is 290 g/mol. The van der Waals surface area contributed by atoms with Crippen LogP contribution < -0.4 is 10.2 Å². The molecule has 1 fully saturated rings. The molecule has 6 heteroatoms. The first-order valence-electron chi connectivity index (χ1n) is 8.66. The lowest BCUT2D eigenvalue weighted by atomic mass is 10.0. The van der Waals surface area contributed by atoms with Gasteiger partial charge >= 0.3 is 0 Å². The molecule has 6 nitrogen and oxygen atoms in total. The zero-order valence-corrected chi connectivity index (χ0v) is 14.4. The fraction of sp³-hybridized carbons (Fsp3) is 0.706. The molecule has 0 unspecified atom stereocenters. The normalized spacial score (nSPS) is 19.5. The topological polar surface area (TPSA) is 61.4 Å². The van der Waals surface area contributed by atoms with Gasteiger partial charge in [0.15, 0.2) is 0 Å². The predicted molar refractivity (Wildman–Crippen MR) is 90.9 cm³/mol. The van der Waals surface area contributed by atoms with E-state index in [4.69, 9.17) is 4.98 Å². The largest absolute Gasteiger partial charge is 0.355 e. The monoisotopic (exact) mass is 317 g/mol. The van der Waals surface area contributed by atoms with Crippen LogP contribution in [0.3, 0.4) is 0 Å². The Morgan fingerprint density at radius 3 is 2.78 bits per heavy atom. The molecule has 3 heterocycles. The predicted octanol–water partition coefficient (Wildman–Crippen LogP) is 1.10. The number of nitrogens with one attached hydrogen (secondary N) is 1. The number of amides is 1. The molecule has 3 rings (SSSR count). The van der Waals surface area contributed by atoms with Crippen molar-refractivity contribution < 1.29 is 4.79 Å². The summed E-state index contributed by atoms with van der Waals surface area (Å²) in [6, 6.07) is 0. The Hall–Kier alpha value is -1.69. The lowest BCUT2D eigenvalue weighted by Crippen LogP contribution is -2.37. The smallest absolute Gasteiger partial charge is 0.270 e. The Bertz CT molecular complexity index is 587. The summed E-state index contributed by atoms with van der Waals surface area (Å²) in [5, 5.41) is 2.91.